The van der Waals surface area contributed by atoms with Crippen LogP contribution in [-0.2, 0) is 0 Å². The molecule has 4 rings (SSSR count). The van der Waals surface area contributed by atoms with E-state index in [1.165, 1.54) is 0 Å². The summed E-state index contributed by atoms with van der Waals surface area (Å²) < 4.78 is 0. The molecule has 0 amide bonds. The maximum atomic E-state index is 4.60. The van der Waals surface area contributed by atoms with Crippen LogP contribution in [-0.4, -0.2) is 19.9 Å². The van der Waals surface area contributed by atoms with E-state index in [2.05, 4.69) is 44.2 Å². The van der Waals surface area contributed by atoms with Crippen molar-refractivity contribution >= 4 is 11.0 Å². The second-order valence-corrected chi connectivity index (χ2v) is 4.65. The average molecular weight is 260 g/mol. The highest BCUT2D eigenvalue weighted by molar-refractivity contribution is 5.79. The maximum Gasteiger partial charge on any atom is 0.138 e. The molecule has 0 saturated carbocycles. The first-order valence-corrected chi connectivity index (χ1v) is 6.44. The molecule has 2 heterocycles. The van der Waals surface area contributed by atoms with Gasteiger partial charge < -0.3 is 9.97 Å². The minimum absolute atomic E-state index is 0.891. The maximum absolute atomic E-state index is 4.60. The number of para-hydroxylation sites is 2. The smallest absolute Gasteiger partial charge is 0.138 e. The van der Waals surface area contributed by atoms with Crippen LogP contribution >= 0.6 is 0 Å². The Kier molecular flexibility index (Phi) is 2.39. The molecule has 4 aromatic rings. The van der Waals surface area contributed by atoms with Crippen LogP contribution in [0.2, 0.25) is 0 Å². The van der Waals surface area contributed by atoms with Crippen LogP contribution in [0.25, 0.3) is 33.7 Å². The Morgan fingerprint density at radius 1 is 0.850 bits per heavy atom. The quantitative estimate of drug-likeness (QED) is 0.578. The fraction of sp³-hybridized carbons (Fsp3) is 0. The number of nitrogens with zero attached hydrogens (tertiary/aromatic N) is 2. The van der Waals surface area contributed by atoms with Crippen LogP contribution in [0.3, 0.4) is 0 Å². The minimum Gasteiger partial charge on any atom is -0.345 e. The zero-order valence-corrected chi connectivity index (χ0v) is 10.7. The topological polar surface area (TPSA) is 57.4 Å². The molecular formula is C16H12N4. The lowest BCUT2D eigenvalue weighted by Crippen LogP contribution is -1.81. The lowest BCUT2D eigenvalue weighted by atomic mass is 10.1. The summed E-state index contributed by atoms with van der Waals surface area (Å²) in [5.74, 6) is 0.891. The summed E-state index contributed by atoms with van der Waals surface area (Å²) in [4.78, 5) is 15.1. The molecule has 0 fully saturated rings. The van der Waals surface area contributed by atoms with E-state index in [0.29, 0.717) is 0 Å². The number of benzene rings is 2. The first-order chi connectivity index (χ1) is 9.90. The van der Waals surface area contributed by atoms with Crippen molar-refractivity contribution in [3.8, 4) is 22.6 Å². The molecule has 0 radical (unpaired) electrons. The largest absolute Gasteiger partial charge is 0.345 e. The molecule has 2 aromatic carbocycles. The fourth-order valence-electron chi connectivity index (χ4n) is 2.31. The lowest BCUT2D eigenvalue weighted by Gasteiger charge is -2.00. The van der Waals surface area contributed by atoms with Crippen LogP contribution in [0.4, 0.5) is 0 Å². The van der Waals surface area contributed by atoms with Gasteiger partial charge >= 0.3 is 0 Å². The fourth-order valence-corrected chi connectivity index (χ4v) is 2.31. The minimum atomic E-state index is 0.891. The lowest BCUT2D eigenvalue weighted by molar-refractivity contribution is 1.31. The third-order valence-corrected chi connectivity index (χ3v) is 3.36. The second kappa shape index (κ2) is 4.35. The molecule has 0 aliphatic carbocycles. The first kappa shape index (κ1) is 11.0. The number of hydrogen-bond acceptors (Lipinski definition) is 2. The monoisotopic (exact) mass is 260 g/mol. The van der Waals surface area contributed by atoms with Gasteiger partial charge in [0.2, 0.25) is 0 Å². The summed E-state index contributed by atoms with van der Waals surface area (Å²) in [7, 11) is 0. The molecule has 0 saturated heterocycles. The van der Waals surface area contributed by atoms with Crippen molar-refractivity contribution in [2.45, 2.75) is 0 Å². The standard InChI is InChI=1S/C16H12N4/c1-2-4-14-13(3-1)19-16(20-14)12-7-5-11(6-8-12)15-9-17-10-18-15/h1-10H,(H,17,18)(H,19,20). The molecule has 0 bridgehead atoms. The van der Waals surface area contributed by atoms with Gasteiger partial charge in [0.15, 0.2) is 0 Å². The summed E-state index contributed by atoms with van der Waals surface area (Å²) in [5, 5.41) is 0. The van der Waals surface area contributed by atoms with E-state index in [0.717, 1.165) is 33.7 Å². The summed E-state index contributed by atoms with van der Waals surface area (Å²) in [6, 6.07) is 16.3. The van der Waals surface area contributed by atoms with Crippen LogP contribution in [0, 0.1) is 0 Å². The third-order valence-electron chi connectivity index (χ3n) is 3.36. The van der Waals surface area contributed by atoms with Gasteiger partial charge in [0.1, 0.15) is 5.82 Å². The molecule has 2 N–H and O–H groups in total. The predicted octanol–water partition coefficient (Wildman–Crippen LogP) is 3.62. The Balaban J connectivity index is 1.75. The zero-order valence-electron chi connectivity index (χ0n) is 10.7. The SMILES string of the molecule is c1ccc2[nH]c(-c3ccc(-c4cnc[nH]4)cc3)nc2c1. The first-order valence-electron chi connectivity index (χ1n) is 6.44. The number of aromatic nitrogens is 4. The van der Waals surface area contributed by atoms with Crippen LogP contribution in [0.5, 0.6) is 0 Å². The van der Waals surface area contributed by atoms with Crippen molar-refractivity contribution in [3.63, 3.8) is 0 Å². The van der Waals surface area contributed by atoms with E-state index in [1.807, 2.05) is 30.5 Å². The summed E-state index contributed by atoms with van der Waals surface area (Å²) in [6.45, 7) is 0. The van der Waals surface area contributed by atoms with E-state index in [9.17, 15) is 0 Å². The van der Waals surface area contributed by atoms with E-state index in [-0.39, 0.29) is 0 Å². The average Bonchev–Trinajstić information content (AvgIpc) is 3.17. The summed E-state index contributed by atoms with van der Waals surface area (Å²) in [5.41, 5.74) is 5.24. The molecule has 0 aliphatic rings. The van der Waals surface area contributed by atoms with Gasteiger partial charge in [-0.15, -0.1) is 0 Å². The van der Waals surface area contributed by atoms with Crippen molar-refractivity contribution in [2.75, 3.05) is 0 Å². The van der Waals surface area contributed by atoms with Gasteiger partial charge in [0.05, 0.1) is 29.3 Å². The van der Waals surface area contributed by atoms with Gasteiger partial charge in [-0.3, -0.25) is 0 Å². The van der Waals surface area contributed by atoms with Crippen LogP contribution in [0.1, 0.15) is 0 Å². The number of nitrogens with one attached hydrogen (secondary N) is 2. The Labute approximate surface area is 115 Å². The number of hydrogen-bond donors (Lipinski definition) is 2. The summed E-state index contributed by atoms with van der Waals surface area (Å²) in [6.07, 6.45) is 3.50. The molecule has 0 unspecified atom stereocenters. The number of rotatable bonds is 2. The van der Waals surface area contributed by atoms with Gasteiger partial charge in [0, 0.05) is 5.56 Å². The zero-order chi connectivity index (χ0) is 13.4. The normalized spacial score (nSPS) is 11.0. The number of fused-ring (bicyclic) bond motifs is 1. The van der Waals surface area contributed by atoms with Gasteiger partial charge in [-0.25, -0.2) is 9.97 Å². The van der Waals surface area contributed by atoms with Gasteiger partial charge in [-0.2, -0.15) is 0 Å². The molecule has 4 nitrogen and oxygen atoms in total. The van der Waals surface area contributed by atoms with Gasteiger partial charge in [-0.05, 0) is 17.7 Å². The molecule has 0 aliphatic heterocycles. The molecular weight excluding hydrogens is 248 g/mol. The molecule has 4 heteroatoms. The van der Waals surface area contributed by atoms with E-state index < -0.39 is 0 Å². The number of H-pyrrole nitrogens is 2. The van der Waals surface area contributed by atoms with Gasteiger partial charge in [0.25, 0.3) is 0 Å². The van der Waals surface area contributed by atoms with Crippen molar-refractivity contribution in [2.24, 2.45) is 0 Å². The number of imidazole rings is 2. The van der Waals surface area contributed by atoms with E-state index >= 15 is 0 Å². The van der Waals surface area contributed by atoms with Crippen molar-refractivity contribution in [1.82, 2.24) is 19.9 Å². The van der Waals surface area contributed by atoms with Crippen LogP contribution in [0.15, 0.2) is 61.1 Å². The van der Waals surface area contributed by atoms with E-state index in [1.54, 1.807) is 6.33 Å². The highest BCUT2D eigenvalue weighted by Crippen LogP contribution is 2.23. The van der Waals surface area contributed by atoms with Gasteiger partial charge in [-0.1, -0.05) is 36.4 Å². The Hall–Kier alpha value is -2.88. The number of aromatic amines is 2. The van der Waals surface area contributed by atoms with Crippen molar-refractivity contribution in [3.05, 3.63) is 61.1 Å². The molecule has 2 aromatic heterocycles. The second-order valence-electron chi connectivity index (χ2n) is 4.65. The predicted molar refractivity (Wildman–Crippen MR) is 79.1 cm³/mol. The van der Waals surface area contributed by atoms with Crippen LogP contribution < -0.4 is 0 Å². The van der Waals surface area contributed by atoms with E-state index in [4.69, 9.17) is 0 Å². The molecule has 0 atom stereocenters. The third kappa shape index (κ3) is 1.78. The Bertz CT molecular complexity index is 809. The highest BCUT2D eigenvalue weighted by Gasteiger charge is 2.05. The Morgan fingerprint density at radius 3 is 2.40 bits per heavy atom. The summed E-state index contributed by atoms with van der Waals surface area (Å²) >= 11 is 0. The molecule has 20 heavy (non-hydrogen) atoms. The highest BCUT2D eigenvalue weighted by atomic mass is 14.9. The Morgan fingerprint density at radius 2 is 1.65 bits per heavy atom. The van der Waals surface area contributed by atoms with Crippen molar-refractivity contribution < 1.29 is 0 Å². The van der Waals surface area contributed by atoms with Crippen molar-refractivity contribution in [1.29, 1.82) is 0 Å². The molecule has 0 spiro atoms. The molecule has 96 valence electrons.